The van der Waals surface area contributed by atoms with E-state index in [-0.39, 0.29) is 11.8 Å². The van der Waals surface area contributed by atoms with E-state index in [1.54, 1.807) is 73.9 Å². The molecule has 1 heterocycles. The molecule has 0 bridgehead atoms. The molecule has 0 aliphatic carbocycles. The number of rotatable bonds is 7. The van der Waals surface area contributed by atoms with Crippen molar-refractivity contribution in [1.82, 2.24) is 10.3 Å². The first kappa shape index (κ1) is 20.4. The molecule has 0 spiro atoms. The van der Waals surface area contributed by atoms with E-state index in [9.17, 15) is 9.59 Å². The molecule has 2 N–H and O–H groups in total. The summed E-state index contributed by atoms with van der Waals surface area (Å²) in [5.41, 5.74) is 1.66. The summed E-state index contributed by atoms with van der Waals surface area (Å²) in [6.07, 6.45) is 2.59. The average Bonchev–Trinajstić information content (AvgIpc) is 2.74. The Morgan fingerprint density at radius 1 is 1.07 bits per heavy atom. The predicted octanol–water partition coefficient (Wildman–Crippen LogP) is 4.07. The maximum atomic E-state index is 12.6. The zero-order valence-corrected chi connectivity index (χ0v) is 16.5. The van der Waals surface area contributed by atoms with Crippen molar-refractivity contribution in [2.45, 2.75) is 19.6 Å². The van der Waals surface area contributed by atoms with Gasteiger partial charge in [0.05, 0.1) is 11.3 Å². The topological polar surface area (TPSA) is 80.3 Å². The van der Waals surface area contributed by atoms with Crippen LogP contribution in [0.15, 0.2) is 73.1 Å². The summed E-state index contributed by atoms with van der Waals surface area (Å²) in [5, 5.41) is 6.17. The second kappa shape index (κ2) is 9.71. The van der Waals surface area contributed by atoms with Crippen LogP contribution in [0, 0.1) is 0 Å². The molecule has 0 aliphatic rings. The van der Waals surface area contributed by atoms with Crippen molar-refractivity contribution in [2.75, 3.05) is 5.32 Å². The largest absolute Gasteiger partial charge is 0.481 e. The van der Waals surface area contributed by atoms with Gasteiger partial charge in [-0.2, -0.15) is 0 Å². The summed E-state index contributed by atoms with van der Waals surface area (Å²) in [5.74, 6) is -0.136. The number of halogens is 1. The number of nitrogens with zero attached hydrogens (tertiary/aromatic N) is 1. The fourth-order valence-electron chi connectivity index (χ4n) is 2.58. The van der Waals surface area contributed by atoms with Gasteiger partial charge in [0, 0.05) is 24.0 Å². The maximum Gasteiger partial charge on any atom is 0.265 e. The number of carbonyl (C=O) groups is 2. The molecule has 0 aliphatic heterocycles. The second-order valence-electron chi connectivity index (χ2n) is 6.29. The molecule has 148 valence electrons. The van der Waals surface area contributed by atoms with Crippen molar-refractivity contribution < 1.29 is 14.3 Å². The molecule has 3 rings (SSSR count). The molecule has 0 saturated heterocycles. The van der Waals surface area contributed by atoms with Crippen LogP contribution in [-0.2, 0) is 11.3 Å². The Morgan fingerprint density at radius 3 is 2.55 bits per heavy atom. The molecular weight excluding hydrogens is 390 g/mol. The summed E-state index contributed by atoms with van der Waals surface area (Å²) in [7, 11) is 0. The summed E-state index contributed by atoms with van der Waals surface area (Å²) < 4.78 is 5.63. The number of aromatic nitrogens is 1. The predicted molar refractivity (Wildman–Crippen MR) is 112 cm³/mol. The third kappa shape index (κ3) is 5.80. The molecule has 7 heteroatoms. The highest BCUT2D eigenvalue weighted by molar-refractivity contribution is 6.30. The van der Waals surface area contributed by atoms with Crippen molar-refractivity contribution in [3.05, 3.63) is 89.2 Å². The van der Waals surface area contributed by atoms with Gasteiger partial charge in [-0.1, -0.05) is 29.8 Å². The lowest BCUT2D eigenvalue weighted by Crippen LogP contribution is -2.31. The van der Waals surface area contributed by atoms with Gasteiger partial charge in [0.15, 0.2) is 6.10 Å². The van der Waals surface area contributed by atoms with E-state index in [0.29, 0.717) is 28.6 Å². The minimum atomic E-state index is -0.761. The van der Waals surface area contributed by atoms with Gasteiger partial charge < -0.3 is 15.4 Å². The Bertz CT molecular complexity index is 978. The number of hydrogen-bond acceptors (Lipinski definition) is 4. The van der Waals surface area contributed by atoms with Crippen molar-refractivity contribution >= 4 is 29.1 Å². The second-order valence-corrected chi connectivity index (χ2v) is 6.73. The van der Waals surface area contributed by atoms with Crippen LogP contribution in [0.3, 0.4) is 0 Å². The molecule has 0 radical (unpaired) electrons. The molecule has 3 aromatic rings. The zero-order chi connectivity index (χ0) is 20.6. The molecule has 1 aromatic heterocycles. The Balaban J connectivity index is 1.63. The van der Waals surface area contributed by atoms with Crippen molar-refractivity contribution in [1.29, 1.82) is 0 Å². The first-order chi connectivity index (χ1) is 14.0. The third-order valence-corrected chi connectivity index (χ3v) is 4.35. The van der Waals surface area contributed by atoms with E-state index >= 15 is 0 Å². The Kier molecular flexibility index (Phi) is 6.81. The fourth-order valence-corrected chi connectivity index (χ4v) is 2.70. The minimum absolute atomic E-state index is 0.295. The molecule has 29 heavy (non-hydrogen) atoms. The Labute approximate surface area is 173 Å². The lowest BCUT2D eigenvalue weighted by Gasteiger charge is -2.16. The number of pyridine rings is 1. The number of hydrogen-bond donors (Lipinski definition) is 2. The van der Waals surface area contributed by atoms with E-state index in [1.807, 2.05) is 6.07 Å². The van der Waals surface area contributed by atoms with Crippen LogP contribution in [0.25, 0.3) is 0 Å². The van der Waals surface area contributed by atoms with Gasteiger partial charge in [0.1, 0.15) is 5.75 Å². The lowest BCUT2D eigenvalue weighted by molar-refractivity contribution is -0.122. The maximum absolute atomic E-state index is 12.6. The summed E-state index contributed by atoms with van der Waals surface area (Å²) in [4.78, 5) is 29.1. The fraction of sp³-hybridized carbons (Fsp3) is 0.136. The highest BCUT2D eigenvalue weighted by atomic mass is 35.5. The standard InChI is InChI=1S/C22H20ClN3O3/c1-15(29-18-10-8-17(23)9-11-18)21(27)26-20-7-3-2-6-19(20)22(28)25-14-16-5-4-12-24-13-16/h2-13,15H,14H2,1H3,(H,25,28)(H,26,27)/t15-/m1/s1. The van der Waals surface area contributed by atoms with Crippen molar-refractivity contribution in [2.24, 2.45) is 0 Å². The van der Waals surface area contributed by atoms with Crippen LogP contribution in [0.1, 0.15) is 22.8 Å². The Morgan fingerprint density at radius 2 is 1.83 bits per heavy atom. The van der Waals surface area contributed by atoms with Crippen molar-refractivity contribution in [3.8, 4) is 5.75 Å². The first-order valence-corrected chi connectivity index (χ1v) is 9.40. The van der Waals surface area contributed by atoms with Gasteiger partial charge in [-0.25, -0.2) is 0 Å². The molecular formula is C22H20ClN3O3. The molecule has 6 nitrogen and oxygen atoms in total. The number of anilines is 1. The van der Waals surface area contributed by atoms with Crippen LogP contribution in [-0.4, -0.2) is 22.9 Å². The summed E-state index contributed by atoms with van der Waals surface area (Å²) in [6, 6.07) is 17.2. The van der Waals surface area contributed by atoms with Crippen LogP contribution in [0.5, 0.6) is 5.75 Å². The average molecular weight is 410 g/mol. The van der Waals surface area contributed by atoms with Gasteiger partial charge >= 0.3 is 0 Å². The van der Waals surface area contributed by atoms with Gasteiger partial charge in [0.2, 0.25) is 0 Å². The van der Waals surface area contributed by atoms with Crippen molar-refractivity contribution in [3.63, 3.8) is 0 Å². The number of amides is 2. The quantitative estimate of drug-likeness (QED) is 0.616. The summed E-state index contributed by atoms with van der Waals surface area (Å²) >= 11 is 5.85. The number of nitrogens with one attached hydrogen (secondary N) is 2. The Hall–Kier alpha value is -3.38. The monoisotopic (exact) mass is 409 g/mol. The molecule has 0 saturated carbocycles. The van der Waals surface area contributed by atoms with Gasteiger partial charge in [0.25, 0.3) is 11.8 Å². The van der Waals surface area contributed by atoms with E-state index in [4.69, 9.17) is 16.3 Å². The first-order valence-electron chi connectivity index (χ1n) is 9.02. The number of ether oxygens (including phenoxy) is 1. The van der Waals surface area contributed by atoms with Crippen LogP contribution < -0.4 is 15.4 Å². The van der Waals surface area contributed by atoms with E-state index in [0.717, 1.165) is 5.56 Å². The molecule has 0 unspecified atom stereocenters. The normalized spacial score (nSPS) is 11.4. The van der Waals surface area contributed by atoms with E-state index in [1.165, 1.54) is 0 Å². The molecule has 2 amide bonds. The molecule has 0 fully saturated rings. The summed E-state index contributed by atoms with van der Waals surface area (Å²) in [6.45, 7) is 1.97. The van der Waals surface area contributed by atoms with Gasteiger partial charge in [-0.15, -0.1) is 0 Å². The number of para-hydroxylation sites is 1. The number of carbonyl (C=O) groups excluding carboxylic acids is 2. The smallest absolute Gasteiger partial charge is 0.265 e. The van der Waals surface area contributed by atoms with E-state index < -0.39 is 6.10 Å². The van der Waals surface area contributed by atoms with Gasteiger partial charge in [-0.05, 0) is 55.0 Å². The third-order valence-electron chi connectivity index (χ3n) is 4.10. The van der Waals surface area contributed by atoms with Gasteiger partial charge in [-0.3, -0.25) is 14.6 Å². The highest BCUT2D eigenvalue weighted by Gasteiger charge is 2.18. The minimum Gasteiger partial charge on any atom is -0.481 e. The van der Waals surface area contributed by atoms with E-state index in [2.05, 4.69) is 15.6 Å². The number of benzene rings is 2. The molecule has 2 aromatic carbocycles. The SMILES string of the molecule is C[C@@H](Oc1ccc(Cl)cc1)C(=O)Nc1ccccc1C(=O)NCc1cccnc1. The highest BCUT2D eigenvalue weighted by Crippen LogP contribution is 2.19. The lowest BCUT2D eigenvalue weighted by atomic mass is 10.1. The van der Waals surface area contributed by atoms with Crippen LogP contribution in [0.2, 0.25) is 5.02 Å². The van der Waals surface area contributed by atoms with Crippen LogP contribution in [0.4, 0.5) is 5.69 Å². The zero-order valence-electron chi connectivity index (χ0n) is 15.8. The molecule has 1 atom stereocenters. The van der Waals surface area contributed by atoms with Crippen LogP contribution >= 0.6 is 11.6 Å².